The highest BCUT2D eigenvalue weighted by Gasteiger charge is 2.24. The Bertz CT molecular complexity index is 668. The summed E-state index contributed by atoms with van der Waals surface area (Å²) in [6, 6.07) is 12.5. The zero-order chi connectivity index (χ0) is 15.0. The van der Waals surface area contributed by atoms with Gasteiger partial charge in [-0.1, -0.05) is 33.6 Å². The summed E-state index contributed by atoms with van der Waals surface area (Å²) < 4.78 is 1.00. The highest BCUT2D eigenvalue weighted by Crippen LogP contribution is 2.37. The molecule has 3 rings (SSSR count). The first-order chi connectivity index (χ1) is 10.1. The molecule has 0 aliphatic carbocycles. The number of hydrogen-bond acceptors (Lipinski definition) is 2. The lowest BCUT2D eigenvalue weighted by molar-refractivity contribution is 0.459. The number of phenols is 1. The number of anilines is 1. The average Bonchev–Trinajstić information content (AvgIpc) is 2.48. The third kappa shape index (κ3) is 2.80. The Morgan fingerprint density at radius 2 is 2.00 bits per heavy atom. The molecule has 2 aromatic carbocycles. The summed E-state index contributed by atoms with van der Waals surface area (Å²) in [7, 11) is 0. The van der Waals surface area contributed by atoms with Gasteiger partial charge in [0.15, 0.2) is 0 Å². The molecule has 1 N–H and O–H groups in total. The number of halogens is 1. The Hall–Kier alpha value is -1.48. The first-order valence-corrected chi connectivity index (χ1v) is 8.20. The molecule has 1 aliphatic heterocycles. The number of rotatable bonds is 2. The fraction of sp³-hybridized carbons (Fsp3) is 0.333. The Labute approximate surface area is 134 Å². The number of hydrogen-bond donors (Lipinski definition) is 1. The lowest BCUT2D eigenvalue weighted by Crippen LogP contribution is -2.32. The van der Waals surface area contributed by atoms with Gasteiger partial charge in [0, 0.05) is 22.3 Å². The van der Waals surface area contributed by atoms with Crippen molar-refractivity contribution in [1.29, 1.82) is 0 Å². The van der Waals surface area contributed by atoms with Crippen LogP contribution >= 0.6 is 15.9 Å². The molecular weight excluding hydrogens is 326 g/mol. The van der Waals surface area contributed by atoms with E-state index in [2.05, 4.69) is 52.9 Å². The van der Waals surface area contributed by atoms with E-state index in [0.717, 1.165) is 29.4 Å². The second-order valence-electron chi connectivity index (χ2n) is 5.81. The van der Waals surface area contributed by atoms with Gasteiger partial charge in [0.25, 0.3) is 0 Å². The van der Waals surface area contributed by atoms with Crippen molar-refractivity contribution >= 4 is 21.6 Å². The highest BCUT2D eigenvalue weighted by molar-refractivity contribution is 9.10. The van der Waals surface area contributed by atoms with Crippen LogP contribution in [0.1, 0.15) is 36.1 Å². The minimum Gasteiger partial charge on any atom is -0.508 e. The van der Waals surface area contributed by atoms with Gasteiger partial charge in [0.2, 0.25) is 0 Å². The van der Waals surface area contributed by atoms with Crippen molar-refractivity contribution in [3.63, 3.8) is 0 Å². The Balaban J connectivity index is 2.00. The van der Waals surface area contributed by atoms with Gasteiger partial charge in [-0.3, -0.25) is 0 Å². The maximum atomic E-state index is 10.2. The zero-order valence-electron chi connectivity index (χ0n) is 12.4. The minimum atomic E-state index is 0.157. The fourth-order valence-electron chi connectivity index (χ4n) is 3.19. The van der Waals surface area contributed by atoms with Crippen LogP contribution in [0.3, 0.4) is 0 Å². The topological polar surface area (TPSA) is 23.5 Å². The number of phenolic OH excluding ortho intramolecular Hbond substituents is 1. The molecule has 2 nitrogen and oxygen atoms in total. The van der Waals surface area contributed by atoms with E-state index in [1.807, 2.05) is 12.1 Å². The molecule has 0 saturated heterocycles. The molecule has 3 heteroatoms. The number of benzene rings is 2. The molecular formula is C18H20BrNO. The Morgan fingerprint density at radius 1 is 1.19 bits per heavy atom. The van der Waals surface area contributed by atoms with Crippen molar-refractivity contribution in [2.45, 2.75) is 32.7 Å². The van der Waals surface area contributed by atoms with Gasteiger partial charge in [0.05, 0.1) is 6.04 Å². The standard InChI is InChI=1S/C18H20BrNO/c1-12-5-7-17-14(10-12)4-3-9-20(17)13(2)16-11-15(19)6-8-18(16)21/h5-8,10-11,13,21H,3-4,9H2,1-2H3. The van der Waals surface area contributed by atoms with E-state index in [1.54, 1.807) is 6.07 Å². The van der Waals surface area contributed by atoms with Crippen LogP contribution in [0, 0.1) is 6.92 Å². The van der Waals surface area contributed by atoms with Gasteiger partial charge >= 0.3 is 0 Å². The number of aromatic hydroxyl groups is 1. The predicted molar refractivity (Wildman–Crippen MR) is 91.1 cm³/mol. The highest BCUT2D eigenvalue weighted by atomic mass is 79.9. The first kappa shape index (κ1) is 14.5. The molecule has 2 aromatic rings. The second kappa shape index (κ2) is 5.72. The van der Waals surface area contributed by atoms with Crippen LogP contribution in [0.25, 0.3) is 0 Å². The molecule has 0 amide bonds. The van der Waals surface area contributed by atoms with Gasteiger partial charge in [-0.15, -0.1) is 0 Å². The number of aryl methyl sites for hydroxylation is 2. The SMILES string of the molecule is Cc1ccc2c(c1)CCCN2C(C)c1cc(Br)ccc1O. The molecule has 0 spiro atoms. The third-order valence-electron chi connectivity index (χ3n) is 4.30. The van der Waals surface area contributed by atoms with E-state index in [0.29, 0.717) is 5.75 Å². The van der Waals surface area contributed by atoms with Gasteiger partial charge in [-0.25, -0.2) is 0 Å². The monoisotopic (exact) mass is 345 g/mol. The number of nitrogens with zero attached hydrogens (tertiary/aromatic N) is 1. The van der Waals surface area contributed by atoms with Crippen molar-refractivity contribution in [2.24, 2.45) is 0 Å². The maximum Gasteiger partial charge on any atom is 0.120 e. The predicted octanol–water partition coefficient (Wildman–Crippen LogP) is 4.98. The van der Waals surface area contributed by atoms with E-state index in [-0.39, 0.29) is 6.04 Å². The molecule has 0 saturated carbocycles. The van der Waals surface area contributed by atoms with Crippen molar-refractivity contribution < 1.29 is 5.11 Å². The molecule has 0 radical (unpaired) electrons. The van der Waals surface area contributed by atoms with Crippen LogP contribution in [0.2, 0.25) is 0 Å². The average molecular weight is 346 g/mol. The maximum absolute atomic E-state index is 10.2. The van der Waals surface area contributed by atoms with Crippen LogP contribution in [0.4, 0.5) is 5.69 Å². The van der Waals surface area contributed by atoms with E-state index in [1.165, 1.54) is 16.8 Å². The smallest absolute Gasteiger partial charge is 0.120 e. The van der Waals surface area contributed by atoms with Crippen LogP contribution in [0.15, 0.2) is 40.9 Å². The Kier molecular flexibility index (Phi) is 3.94. The van der Waals surface area contributed by atoms with Crippen molar-refractivity contribution in [3.05, 3.63) is 57.6 Å². The summed E-state index contributed by atoms with van der Waals surface area (Å²) in [5.41, 5.74) is 5.01. The first-order valence-electron chi connectivity index (χ1n) is 7.41. The third-order valence-corrected chi connectivity index (χ3v) is 4.79. The molecule has 1 heterocycles. The summed E-state index contributed by atoms with van der Waals surface area (Å²) in [6.07, 6.45) is 2.31. The summed E-state index contributed by atoms with van der Waals surface area (Å²) >= 11 is 3.50. The second-order valence-corrected chi connectivity index (χ2v) is 6.72. The van der Waals surface area contributed by atoms with Crippen LogP contribution in [-0.2, 0) is 6.42 Å². The van der Waals surface area contributed by atoms with E-state index < -0.39 is 0 Å². The van der Waals surface area contributed by atoms with Gasteiger partial charge in [0.1, 0.15) is 5.75 Å². The fourth-order valence-corrected chi connectivity index (χ4v) is 3.56. The molecule has 0 bridgehead atoms. The number of fused-ring (bicyclic) bond motifs is 1. The summed E-state index contributed by atoms with van der Waals surface area (Å²) in [4.78, 5) is 2.40. The van der Waals surface area contributed by atoms with E-state index >= 15 is 0 Å². The van der Waals surface area contributed by atoms with E-state index in [4.69, 9.17) is 0 Å². The molecule has 21 heavy (non-hydrogen) atoms. The summed E-state index contributed by atoms with van der Waals surface area (Å²) in [5.74, 6) is 0.366. The Morgan fingerprint density at radius 3 is 2.81 bits per heavy atom. The lowest BCUT2D eigenvalue weighted by Gasteiger charge is -2.37. The summed E-state index contributed by atoms with van der Waals surface area (Å²) in [6.45, 7) is 5.34. The zero-order valence-corrected chi connectivity index (χ0v) is 14.0. The largest absolute Gasteiger partial charge is 0.508 e. The van der Waals surface area contributed by atoms with Crippen LogP contribution in [0.5, 0.6) is 5.75 Å². The van der Waals surface area contributed by atoms with E-state index in [9.17, 15) is 5.11 Å². The lowest BCUT2D eigenvalue weighted by atomic mass is 9.96. The van der Waals surface area contributed by atoms with Crippen molar-refractivity contribution in [2.75, 3.05) is 11.4 Å². The molecule has 1 unspecified atom stereocenters. The molecule has 1 aliphatic rings. The molecule has 110 valence electrons. The van der Waals surface area contributed by atoms with Crippen LogP contribution < -0.4 is 4.90 Å². The molecule has 0 fully saturated rings. The molecule has 0 aromatic heterocycles. The van der Waals surface area contributed by atoms with Crippen molar-refractivity contribution in [3.8, 4) is 5.75 Å². The summed E-state index contributed by atoms with van der Waals surface area (Å²) in [5, 5.41) is 10.2. The van der Waals surface area contributed by atoms with Gasteiger partial charge in [-0.2, -0.15) is 0 Å². The van der Waals surface area contributed by atoms with Gasteiger partial charge in [-0.05, 0) is 56.5 Å². The normalized spacial score (nSPS) is 15.7. The van der Waals surface area contributed by atoms with Gasteiger partial charge < -0.3 is 10.0 Å². The van der Waals surface area contributed by atoms with Crippen molar-refractivity contribution in [1.82, 2.24) is 0 Å². The quantitative estimate of drug-likeness (QED) is 0.829. The molecule has 1 atom stereocenters. The minimum absolute atomic E-state index is 0.157. The van der Waals surface area contributed by atoms with Crippen LogP contribution in [-0.4, -0.2) is 11.7 Å².